The lowest BCUT2D eigenvalue weighted by atomic mass is 9.83. The summed E-state index contributed by atoms with van der Waals surface area (Å²) in [7, 11) is 0. The molecular formula is C24H23F2NO3. The van der Waals surface area contributed by atoms with Gasteiger partial charge in [0.25, 0.3) is 5.92 Å². The zero-order valence-electron chi connectivity index (χ0n) is 16.9. The maximum Gasteiger partial charge on any atom is 0.310 e. The van der Waals surface area contributed by atoms with Crippen molar-refractivity contribution in [1.82, 2.24) is 0 Å². The molecule has 2 saturated carbocycles. The Morgan fingerprint density at radius 2 is 1.97 bits per heavy atom. The van der Waals surface area contributed by atoms with Crippen LogP contribution in [0.3, 0.4) is 0 Å². The van der Waals surface area contributed by atoms with E-state index in [1.807, 2.05) is 44.2 Å². The van der Waals surface area contributed by atoms with Crippen molar-refractivity contribution in [1.29, 1.82) is 5.26 Å². The van der Waals surface area contributed by atoms with Crippen LogP contribution in [-0.4, -0.2) is 18.5 Å². The number of carbonyl (C=O) groups is 1. The van der Waals surface area contributed by atoms with Gasteiger partial charge in [0.1, 0.15) is 23.5 Å². The van der Waals surface area contributed by atoms with E-state index in [0.717, 1.165) is 0 Å². The maximum absolute atomic E-state index is 13.2. The minimum Gasteiger partial charge on any atom is -0.463 e. The van der Waals surface area contributed by atoms with Crippen molar-refractivity contribution in [2.24, 2.45) is 22.7 Å². The summed E-state index contributed by atoms with van der Waals surface area (Å²) < 4.78 is 37.7. The second-order valence-corrected chi connectivity index (χ2v) is 8.86. The Kier molecular flexibility index (Phi) is 4.80. The van der Waals surface area contributed by atoms with Gasteiger partial charge in [-0.2, -0.15) is 5.26 Å². The molecule has 3 aliphatic rings. The lowest BCUT2D eigenvalue weighted by Gasteiger charge is -2.26. The third-order valence-electron chi connectivity index (χ3n) is 6.18. The highest BCUT2D eigenvalue weighted by Gasteiger charge is 2.64. The van der Waals surface area contributed by atoms with Gasteiger partial charge in [0.2, 0.25) is 0 Å². The van der Waals surface area contributed by atoms with Crippen LogP contribution in [-0.2, 0) is 9.53 Å². The molecule has 0 radical (unpaired) electrons. The molecule has 3 aliphatic carbocycles. The second kappa shape index (κ2) is 7.09. The number of carbonyl (C=O) groups excluding carboxylic acids is 1. The number of rotatable bonds is 6. The molecule has 0 N–H and O–H groups in total. The van der Waals surface area contributed by atoms with Crippen LogP contribution < -0.4 is 4.74 Å². The quantitative estimate of drug-likeness (QED) is 0.477. The molecule has 4 rings (SSSR count). The van der Waals surface area contributed by atoms with Crippen molar-refractivity contribution in [3.05, 3.63) is 66.0 Å². The van der Waals surface area contributed by atoms with Crippen LogP contribution in [0.5, 0.6) is 5.75 Å². The van der Waals surface area contributed by atoms with E-state index in [9.17, 15) is 18.8 Å². The van der Waals surface area contributed by atoms with Crippen LogP contribution in [0.15, 0.2) is 66.0 Å². The maximum atomic E-state index is 13.2. The highest BCUT2D eigenvalue weighted by Crippen LogP contribution is 2.62. The van der Waals surface area contributed by atoms with Gasteiger partial charge in [-0.25, -0.2) is 8.78 Å². The summed E-state index contributed by atoms with van der Waals surface area (Å²) in [6.45, 7) is 3.63. The molecule has 0 spiro atoms. The van der Waals surface area contributed by atoms with Crippen molar-refractivity contribution in [3.8, 4) is 11.8 Å². The Balaban J connectivity index is 1.37. The van der Waals surface area contributed by atoms with E-state index >= 15 is 0 Å². The summed E-state index contributed by atoms with van der Waals surface area (Å²) in [6, 6.07) is 11.5. The molecule has 0 amide bonds. The first kappa shape index (κ1) is 20.3. The van der Waals surface area contributed by atoms with Gasteiger partial charge in [0.05, 0.1) is 12.0 Å². The van der Waals surface area contributed by atoms with E-state index in [1.165, 1.54) is 6.08 Å². The molecule has 1 aromatic carbocycles. The fraction of sp³-hybridized carbons (Fsp3) is 0.417. The molecule has 0 aromatic heterocycles. The Morgan fingerprint density at radius 3 is 2.60 bits per heavy atom. The smallest absolute Gasteiger partial charge is 0.310 e. The Hall–Kier alpha value is -2.94. The number of esters is 1. The summed E-state index contributed by atoms with van der Waals surface area (Å²) in [6.07, 6.45) is 6.80. The molecule has 0 aliphatic heterocycles. The van der Waals surface area contributed by atoms with Crippen LogP contribution in [0.1, 0.15) is 26.7 Å². The van der Waals surface area contributed by atoms with E-state index in [0.29, 0.717) is 11.5 Å². The van der Waals surface area contributed by atoms with Gasteiger partial charge in [-0.15, -0.1) is 0 Å². The number of hydrogen-bond acceptors (Lipinski definition) is 4. The topological polar surface area (TPSA) is 59.3 Å². The van der Waals surface area contributed by atoms with Crippen LogP contribution in [0, 0.1) is 34.0 Å². The molecule has 30 heavy (non-hydrogen) atoms. The molecule has 3 unspecified atom stereocenters. The van der Waals surface area contributed by atoms with Gasteiger partial charge < -0.3 is 9.47 Å². The number of halogens is 2. The van der Waals surface area contributed by atoms with E-state index in [-0.39, 0.29) is 30.9 Å². The fourth-order valence-electron chi connectivity index (χ4n) is 4.01. The van der Waals surface area contributed by atoms with Crippen molar-refractivity contribution in [2.75, 3.05) is 6.61 Å². The summed E-state index contributed by atoms with van der Waals surface area (Å²) in [5, 5.41) is 9.76. The van der Waals surface area contributed by atoms with Crippen molar-refractivity contribution >= 4 is 5.97 Å². The number of ether oxygens (including phenoxy) is 2. The van der Waals surface area contributed by atoms with Crippen molar-refractivity contribution in [2.45, 2.75) is 32.6 Å². The molecule has 1 aromatic rings. The third kappa shape index (κ3) is 3.89. The number of alkyl halides is 2. The minimum atomic E-state index is -2.72. The van der Waals surface area contributed by atoms with Crippen LogP contribution in [0.4, 0.5) is 8.78 Å². The first-order valence-electron chi connectivity index (χ1n) is 9.95. The predicted molar refractivity (Wildman–Crippen MR) is 106 cm³/mol. The van der Waals surface area contributed by atoms with E-state index in [4.69, 9.17) is 9.47 Å². The number of nitriles is 1. The Bertz CT molecular complexity index is 987. The minimum absolute atomic E-state index is 0.104. The summed E-state index contributed by atoms with van der Waals surface area (Å²) in [5.74, 6) is -2.63. The summed E-state index contributed by atoms with van der Waals surface area (Å²) in [5.41, 5.74) is -1.34. The van der Waals surface area contributed by atoms with Crippen molar-refractivity contribution in [3.63, 3.8) is 0 Å². The molecule has 3 atom stereocenters. The molecule has 0 bridgehead atoms. The fourth-order valence-corrected chi connectivity index (χ4v) is 4.01. The van der Waals surface area contributed by atoms with E-state index < -0.39 is 28.6 Å². The molecule has 6 heteroatoms. The molecule has 2 fully saturated rings. The predicted octanol–water partition coefficient (Wildman–Crippen LogP) is 5.20. The number of para-hydroxylation sites is 1. The van der Waals surface area contributed by atoms with Gasteiger partial charge in [-0.05, 0) is 29.5 Å². The largest absolute Gasteiger partial charge is 0.463 e. The molecular weight excluding hydrogens is 388 g/mol. The van der Waals surface area contributed by atoms with Crippen LogP contribution in [0.25, 0.3) is 0 Å². The first-order chi connectivity index (χ1) is 14.2. The van der Waals surface area contributed by atoms with Crippen LogP contribution >= 0.6 is 0 Å². The van der Waals surface area contributed by atoms with E-state index in [2.05, 4.69) is 6.07 Å². The lowest BCUT2D eigenvalue weighted by molar-refractivity contribution is -0.148. The number of nitrogens with zero attached hydrogens (tertiary/aromatic N) is 1. The molecule has 0 saturated heterocycles. The van der Waals surface area contributed by atoms with Gasteiger partial charge in [0, 0.05) is 18.4 Å². The highest BCUT2D eigenvalue weighted by molar-refractivity contribution is 5.78. The molecule has 0 heterocycles. The zero-order valence-corrected chi connectivity index (χ0v) is 16.9. The molecule has 156 valence electrons. The van der Waals surface area contributed by atoms with Crippen molar-refractivity contribution < 1.29 is 23.0 Å². The average molecular weight is 411 g/mol. The average Bonchev–Trinajstić information content (AvgIpc) is 3.51. The van der Waals surface area contributed by atoms with Gasteiger partial charge in [-0.1, -0.05) is 50.3 Å². The SMILES string of the molecule is CC1(C)C(C=C2CC2(F)F)C1C(=O)OCC1(C#N)C=CC=C(Oc2ccccc2)C1. The monoisotopic (exact) mass is 411 g/mol. The number of hydrogen-bond donors (Lipinski definition) is 0. The summed E-state index contributed by atoms with van der Waals surface area (Å²) >= 11 is 0. The van der Waals surface area contributed by atoms with Crippen LogP contribution in [0.2, 0.25) is 0 Å². The second-order valence-electron chi connectivity index (χ2n) is 8.86. The van der Waals surface area contributed by atoms with E-state index in [1.54, 1.807) is 18.2 Å². The standard InChI is InChI=1S/C24H23F2NO3/c1-22(2)19(11-16-12-24(16,25)26)20(22)21(28)29-15-23(14-27)10-6-9-18(13-23)30-17-7-4-3-5-8-17/h3-11,19-20H,12-13,15H2,1-2H3. The lowest BCUT2D eigenvalue weighted by Crippen LogP contribution is -2.28. The van der Waals surface area contributed by atoms with Gasteiger partial charge >= 0.3 is 5.97 Å². The normalized spacial score (nSPS) is 31.4. The zero-order chi connectivity index (χ0) is 21.6. The molecule has 4 nitrogen and oxygen atoms in total. The number of benzene rings is 1. The first-order valence-corrected chi connectivity index (χ1v) is 9.95. The summed E-state index contributed by atoms with van der Waals surface area (Å²) in [4.78, 5) is 12.6. The van der Waals surface area contributed by atoms with Gasteiger partial charge in [0.15, 0.2) is 0 Å². The highest BCUT2D eigenvalue weighted by atomic mass is 19.3. The van der Waals surface area contributed by atoms with Gasteiger partial charge in [-0.3, -0.25) is 4.79 Å². The number of allylic oxidation sites excluding steroid dienone is 5. The third-order valence-corrected chi connectivity index (χ3v) is 6.18. The Labute approximate surface area is 174 Å². The Morgan fingerprint density at radius 1 is 1.27 bits per heavy atom.